The van der Waals surface area contributed by atoms with E-state index in [1.807, 2.05) is 24.3 Å². The van der Waals surface area contributed by atoms with Gasteiger partial charge in [0, 0.05) is 23.3 Å². The standard InChI is InChI=1S/C16H12N2O3/c1-21-11-4-2-10(3-5-11)15-8-12(16(19)20)13-9-17-7-6-14(13)18-15/h2-9H,1H3,(H,19,20). The Morgan fingerprint density at radius 3 is 2.62 bits per heavy atom. The summed E-state index contributed by atoms with van der Waals surface area (Å²) in [5.41, 5.74) is 2.24. The number of ether oxygens (including phenoxy) is 1. The lowest BCUT2D eigenvalue weighted by molar-refractivity contribution is 0.0699. The largest absolute Gasteiger partial charge is 0.497 e. The number of aromatic carboxylic acids is 1. The Labute approximate surface area is 120 Å². The molecule has 104 valence electrons. The van der Waals surface area contributed by atoms with E-state index in [2.05, 4.69) is 9.97 Å². The monoisotopic (exact) mass is 280 g/mol. The van der Waals surface area contributed by atoms with Gasteiger partial charge >= 0.3 is 5.97 Å². The van der Waals surface area contributed by atoms with Crippen molar-refractivity contribution in [1.29, 1.82) is 0 Å². The van der Waals surface area contributed by atoms with Crippen molar-refractivity contribution < 1.29 is 14.6 Å². The molecule has 0 fully saturated rings. The van der Waals surface area contributed by atoms with Gasteiger partial charge in [-0.25, -0.2) is 9.78 Å². The Morgan fingerprint density at radius 2 is 1.95 bits per heavy atom. The van der Waals surface area contributed by atoms with Crippen LogP contribution in [0.15, 0.2) is 48.8 Å². The third-order valence-corrected chi connectivity index (χ3v) is 3.23. The van der Waals surface area contributed by atoms with Crippen LogP contribution in [-0.4, -0.2) is 28.2 Å². The number of hydrogen-bond donors (Lipinski definition) is 1. The Kier molecular flexibility index (Phi) is 3.23. The van der Waals surface area contributed by atoms with Crippen LogP contribution < -0.4 is 4.74 Å². The number of nitrogens with zero attached hydrogens (tertiary/aromatic N) is 2. The second-order valence-electron chi connectivity index (χ2n) is 4.48. The zero-order chi connectivity index (χ0) is 14.8. The van der Waals surface area contributed by atoms with Crippen LogP contribution in [-0.2, 0) is 0 Å². The summed E-state index contributed by atoms with van der Waals surface area (Å²) in [5.74, 6) is -0.257. The van der Waals surface area contributed by atoms with Crippen molar-refractivity contribution >= 4 is 16.9 Å². The van der Waals surface area contributed by atoms with E-state index < -0.39 is 5.97 Å². The molecule has 0 aliphatic heterocycles. The van der Waals surface area contributed by atoms with Gasteiger partial charge in [-0.15, -0.1) is 0 Å². The lowest BCUT2D eigenvalue weighted by atomic mass is 10.1. The highest BCUT2D eigenvalue weighted by Crippen LogP contribution is 2.25. The molecule has 0 aliphatic rings. The summed E-state index contributed by atoms with van der Waals surface area (Å²) in [4.78, 5) is 19.9. The maximum absolute atomic E-state index is 11.4. The number of aromatic nitrogens is 2. The molecule has 0 radical (unpaired) electrons. The summed E-state index contributed by atoms with van der Waals surface area (Å²) in [5, 5.41) is 9.89. The minimum absolute atomic E-state index is 0.193. The molecular weight excluding hydrogens is 268 g/mol. The first-order chi connectivity index (χ1) is 10.2. The molecule has 2 heterocycles. The number of hydrogen-bond acceptors (Lipinski definition) is 4. The van der Waals surface area contributed by atoms with Gasteiger partial charge < -0.3 is 9.84 Å². The fourth-order valence-corrected chi connectivity index (χ4v) is 2.16. The molecule has 5 nitrogen and oxygen atoms in total. The molecule has 0 aliphatic carbocycles. The van der Waals surface area contributed by atoms with E-state index in [1.165, 1.54) is 6.20 Å². The van der Waals surface area contributed by atoms with Gasteiger partial charge in [-0.2, -0.15) is 0 Å². The van der Waals surface area contributed by atoms with Crippen LogP contribution in [0, 0.1) is 0 Å². The minimum atomic E-state index is -0.995. The highest BCUT2D eigenvalue weighted by Gasteiger charge is 2.13. The van der Waals surface area contributed by atoms with Crippen molar-refractivity contribution in [2.75, 3.05) is 7.11 Å². The molecule has 21 heavy (non-hydrogen) atoms. The van der Waals surface area contributed by atoms with Gasteiger partial charge in [-0.05, 0) is 36.4 Å². The van der Waals surface area contributed by atoms with Crippen LogP contribution >= 0.6 is 0 Å². The average molecular weight is 280 g/mol. The zero-order valence-electron chi connectivity index (χ0n) is 11.3. The molecule has 1 N–H and O–H groups in total. The number of pyridine rings is 2. The third-order valence-electron chi connectivity index (χ3n) is 3.23. The molecule has 5 heteroatoms. The predicted molar refractivity (Wildman–Crippen MR) is 78.5 cm³/mol. The zero-order valence-corrected chi connectivity index (χ0v) is 11.3. The summed E-state index contributed by atoms with van der Waals surface area (Å²) in [6.07, 6.45) is 3.11. The Morgan fingerprint density at radius 1 is 1.19 bits per heavy atom. The van der Waals surface area contributed by atoms with E-state index >= 15 is 0 Å². The summed E-state index contributed by atoms with van der Waals surface area (Å²) >= 11 is 0. The summed E-state index contributed by atoms with van der Waals surface area (Å²) in [6, 6.07) is 10.6. The van der Waals surface area contributed by atoms with Gasteiger partial charge in [0.15, 0.2) is 0 Å². The molecule has 3 rings (SSSR count). The number of benzene rings is 1. The van der Waals surface area contributed by atoms with Crippen LogP contribution in [0.5, 0.6) is 5.75 Å². The van der Waals surface area contributed by atoms with Gasteiger partial charge in [0.25, 0.3) is 0 Å². The van der Waals surface area contributed by atoms with Crippen LogP contribution in [0.1, 0.15) is 10.4 Å². The first-order valence-corrected chi connectivity index (χ1v) is 6.31. The van der Waals surface area contributed by atoms with E-state index in [4.69, 9.17) is 4.74 Å². The number of fused-ring (bicyclic) bond motifs is 1. The first-order valence-electron chi connectivity index (χ1n) is 6.31. The van der Waals surface area contributed by atoms with E-state index in [0.717, 1.165) is 11.3 Å². The molecule has 0 saturated carbocycles. The quantitative estimate of drug-likeness (QED) is 0.798. The highest BCUT2D eigenvalue weighted by atomic mass is 16.5. The fraction of sp³-hybridized carbons (Fsp3) is 0.0625. The van der Waals surface area contributed by atoms with Crippen LogP contribution in [0.25, 0.3) is 22.2 Å². The minimum Gasteiger partial charge on any atom is -0.497 e. The Bertz CT molecular complexity index is 813. The maximum atomic E-state index is 11.4. The predicted octanol–water partition coefficient (Wildman–Crippen LogP) is 3.00. The van der Waals surface area contributed by atoms with Crippen LogP contribution in [0.2, 0.25) is 0 Å². The van der Waals surface area contributed by atoms with Crippen molar-refractivity contribution in [3.8, 4) is 17.0 Å². The van der Waals surface area contributed by atoms with E-state index in [0.29, 0.717) is 16.6 Å². The van der Waals surface area contributed by atoms with Crippen molar-refractivity contribution in [2.24, 2.45) is 0 Å². The lowest BCUT2D eigenvalue weighted by Gasteiger charge is -2.07. The average Bonchev–Trinajstić information content (AvgIpc) is 2.53. The number of methoxy groups -OCH3 is 1. The van der Waals surface area contributed by atoms with E-state index in [9.17, 15) is 9.90 Å². The van der Waals surface area contributed by atoms with Crippen molar-refractivity contribution in [1.82, 2.24) is 9.97 Å². The topological polar surface area (TPSA) is 72.3 Å². The molecule has 2 aromatic heterocycles. The maximum Gasteiger partial charge on any atom is 0.336 e. The first kappa shape index (κ1) is 13.1. The van der Waals surface area contributed by atoms with E-state index in [1.54, 1.807) is 25.4 Å². The highest BCUT2D eigenvalue weighted by molar-refractivity contribution is 6.03. The number of carboxylic acids is 1. The molecule has 0 atom stereocenters. The summed E-state index contributed by atoms with van der Waals surface area (Å²) in [6.45, 7) is 0. The van der Waals surface area contributed by atoms with Gasteiger partial charge in [0.1, 0.15) is 5.75 Å². The third kappa shape index (κ3) is 2.41. The summed E-state index contributed by atoms with van der Waals surface area (Å²) in [7, 11) is 1.60. The van der Waals surface area contributed by atoms with Crippen molar-refractivity contribution in [3.05, 3.63) is 54.4 Å². The number of rotatable bonds is 3. The smallest absolute Gasteiger partial charge is 0.336 e. The fourth-order valence-electron chi connectivity index (χ4n) is 2.16. The Balaban J connectivity index is 2.20. The SMILES string of the molecule is COc1ccc(-c2cc(C(=O)O)c3cnccc3n2)cc1. The molecule has 0 saturated heterocycles. The molecule has 0 unspecified atom stereocenters. The van der Waals surface area contributed by atoms with Gasteiger partial charge in [0.05, 0.1) is 23.9 Å². The van der Waals surface area contributed by atoms with Crippen LogP contribution in [0.4, 0.5) is 0 Å². The van der Waals surface area contributed by atoms with Crippen LogP contribution in [0.3, 0.4) is 0 Å². The van der Waals surface area contributed by atoms with E-state index in [-0.39, 0.29) is 5.56 Å². The molecular formula is C16H12N2O3. The second kappa shape index (κ2) is 5.20. The molecule has 3 aromatic rings. The molecule has 0 amide bonds. The van der Waals surface area contributed by atoms with Gasteiger partial charge in [0.2, 0.25) is 0 Å². The van der Waals surface area contributed by atoms with Gasteiger partial charge in [-0.1, -0.05) is 0 Å². The number of carboxylic acid groups (broad SMARTS) is 1. The lowest BCUT2D eigenvalue weighted by Crippen LogP contribution is -2.00. The normalized spacial score (nSPS) is 10.5. The second-order valence-corrected chi connectivity index (χ2v) is 4.48. The molecule has 0 bridgehead atoms. The molecule has 0 spiro atoms. The Hall–Kier alpha value is -2.95. The number of carbonyl (C=O) groups is 1. The van der Waals surface area contributed by atoms with Crippen molar-refractivity contribution in [2.45, 2.75) is 0 Å². The van der Waals surface area contributed by atoms with Crippen molar-refractivity contribution in [3.63, 3.8) is 0 Å². The summed E-state index contributed by atoms with van der Waals surface area (Å²) < 4.78 is 5.11. The molecule has 1 aromatic carbocycles. The van der Waals surface area contributed by atoms with Gasteiger partial charge in [-0.3, -0.25) is 4.98 Å².